The summed E-state index contributed by atoms with van der Waals surface area (Å²) in [5.74, 6) is 1.91. The Morgan fingerprint density at radius 3 is 2.74 bits per heavy atom. The first-order valence-corrected chi connectivity index (χ1v) is 12.0. The Hall–Kier alpha value is -3.32. The highest BCUT2D eigenvalue weighted by atomic mass is 35.5. The second-order valence-electron chi connectivity index (χ2n) is 9.12. The molecule has 34 heavy (non-hydrogen) atoms. The van der Waals surface area contributed by atoms with Gasteiger partial charge in [0.25, 0.3) is 5.91 Å². The molecule has 0 bridgehead atoms. The molecule has 0 aliphatic heterocycles. The summed E-state index contributed by atoms with van der Waals surface area (Å²) in [6, 6.07) is 11.4. The van der Waals surface area contributed by atoms with Gasteiger partial charge in [0.05, 0.1) is 33.9 Å². The molecule has 7 nitrogen and oxygen atoms in total. The SMILES string of the molecule is Cc1cc(Nc2cc(Nc3ccccc3C(=O)NC3=CCCC(C)C3)c(Cl)cn2)n(C(C)C)n1. The molecule has 1 amide bonds. The molecule has 1 aliphatic rings. The summed E-state index contributed by atoms with van der Waals surface area (Å²) in [6.45, 7) is 8.32. The van der Waals surface area contributed by atoms with Gasteiger partial charge in [-0.2, -0.15) is 5.10 Å². The van der Waals surface area contributed by atoms with Crippen LogP contribution in [-0.4, -0.2) is 20.7 Å². The maximum atomic E-state index is 13.1. The molecule has 1 aliphatic carbocycles. The number of hydrogen-bond acceptors (Lipinski definition) is 5. The number of nitrogens with zero attached hydrogens (tertiary/aromatic N) is 3. The van der Waals surface area contributed by atoms with Gasteiger partial charge in [0.1, 0.15) is 11.6 Å². The van der Waals surface area contributed by atoms with E-state index in [-0.39, 0.29) is 11.9 Å². The maximum Gasteiger partial charge on any atom is 0.257 e. The molecule has 3 N–H and O–H groups in total. The Labute approximate surface area is 205 Å². The number of nitrogens with one attached hydrogen (secondary N) is 3. The largest absolute Gasteiger partial charge is 0.354 e. The average Bonchev–Trinajstić information content (AvgIpc) is 3.16. The zero-order valence-corrected chi connectivity index (χ0v) is 20.8. The number of anilines is 4. The van der Waals surface area contributed by atoms with E-state index in [0.29, 0.717) is 33.7 Å². The summed E-state index contributed by atoms with van der Waals surface area (Å²) < 4.78 is 1.92. The van der Waals surface area contributed by atoms with E-state index in [1.54, 1.807) is 6.20 Å². The van der Waals surface area contributed by atoms with Crippen molar-refractivity contribution < 1.29 is 4.79 Å². The summed E-state index contributed by atoms with van der Waals surface area (Å²) in [5.41, 5.74) is 3.79. The van der Waals surface area contributed by atoms with Crippen LogP contribution in [0, 0.1) is 12.8 Å². The first-order chi connectivity index (χ1) is 16.3. The van der Waals surface area contributed by atoms with Crippen LogP contribution in [0.3, 0.4) is 0 Å². The topological polar surface area (TPSA) is 83.9 Å². The van der Waals surface area contributed by atoms with E-state index in [2.05, 4.69) is 52.9 Å². The van der Waals surface area contributed by atoms with E-state index in [9.17, 15) is 4.79 Å². The molecular weight excluding hydrogens is 448 g/mol. The number of benzene rings is 1. The Bertz CT molecular complexity index is 1220. The van der Waals surface area contributed by atoms with Crippen molar-refractivity contribution in [2.24, 2.45) is 5.92 Å². The number of carbonyl (C=O) groups excluding carboxylic acids is 1. The van der Waals surface area contributed by atoms with E-state index in [1.165, 1.54) is 0 Å². The lowest BCUT2D eigenvalue weighted by Crippen LogP contribution is -2.26. The Morgan fingerprint density at radius 2 is 1.97 bits per heavy atom. The highest BCUT2D eigenvalue weighted by Crippen LogP contribution is 2.30. The van der Waals surface area contributed by atoms with Crippen molar-refractivity contribution in [3.05, 3.63) is 70.6 Å². The number of aryl methyl sites for hydroxylation is 1. The molecule has 2 heterocycles. The van der Waals surface area contributed by atoms with Crippen LogP contribution in [-0.2, 0) is 0 Å². The molecular formula is C26H31ClN6O. The third kappa shape index (κ3) is 5.59. The minimum absolute atomic E-state index is 0.136. The van der Waals surface area contributed by atoms with Gasteiger partial charge in [0.15, 0.2) is 0 Å². The molecule has 0 saturated heterocycles. The Balaban J connectivity index is 1.55. The second-order valence-corrected chi connectivity index (χ2v) is 9.53. The van der Waals surface area contributed by atoms with Crippen molar-refractivity contribution in [2.75, 3.05) is 10.6 Å². The standard InChI is InChI=1S/C26H31ClN6O/c1-16(2)33-25(13-18(4)32-33)31-24-14-23(21(27)15-28-24)30-22-11-6-5-10-20(22)26(34)29-19-9-7-8-17(3)12-19/h5-6,9-11,13-17H,7-8,12H2,1-4H3,(H,29,34)(H2,28,30,31). The summed E-state index contributed by atoms with van der Waals surface area (Å²) in [4.78, 5) is 17.5. The number of carbonyl (C=O) groups is 1. The number of allylic oxidation sites excluding steroid dienone is 2. The number of amides is 1. The quantitative estimate of drug-likeness (QED) is 0.350. The van der Waals surface area contributed by atoms with Crippen molar-refractivity contribution in [1.82, 2.24) is 20.1 Å². The number of para-hydroxylation sites is 1. The predicted molar refractivity (Wildman–Crippen MR) is 138 cm³/mol. The number of pyridine rings is 1. The second kappa shape index (κ2) is 10.3. The molecule has 0 spiro atoms. The molecule has 8 heteroatoms. The minimum atomic E-state index is -0.136. The van der Waals surface area contributed by atoms with E-state index >= 15 is 0 Å². The maximum absolute atomic E-state index is 13.1. The number of halogens is 1. The van der Waals surface area contributed by atoms with Gasteiger partial charge in [-0.05, 0) is 58.1 Å². The van der Waals surface area contributed by atoms with E-state index in [0.717, 1.165) is 36.5 Å². The van der Waals surface area contributed by atoms with Gasteiger partial charge in [-0.15, -0.1) is 0 Å². The molecule has 4 rings (SSSR count). The third-order valence-corrected chi connectivity index (χ3v) is 6.09. The molecule has 0 fully saturated rings. The minimum Gasteiger partial charge on any atom is -0.354 e. The highest BCUT2D eigenvalue weighted by molar-refractivity contribution is 6.33. The highest BCUT2D eigenvalue weighted by Gasteiger charge is 2.17. The lowest BCUT2D eigenvalue weighted by atomic mass is 9.94. The molecule has 0 radical (unpaired) electrons. The summed E-state index contributed by atoms with van der Waals surface area (Å²) >= 11 is 6.46. The normalized spacial score (nSPS) is 15.7. The lowest BCUT2D eigenvalue weighted by molar-refractivity contribution is 0.0963. The first-order valence-electron chi connectivity index (χ1n) is 11.7. The fourth-order valence-corrected chi connectivity index (χ4v) is 4.24. The van der Waals surface area contributed by atoms with Gasteiger partial charge >= 0.3 is 0 Å². The summed E-state index contributed by atoms with van der Waals surface area (Å²) in [5, 5.41) is 14.7. The molecule has 2 aromatic heterocycles. The van der Waals surface area contributed by atoms with Crippen LogP contribution in [0.25, 0.3) is 0 Å². The van der Waals surface area contributed by atoms with Crippen LogP contribution in [0.4, 0.5) is 23.0 Å². The van der Waals surface area contributed by atoms with E-state index in [4.69, 9.17) is 11.6 Å². The molecule has 0 saturated carbocycles. The van der Waals surface area contributed by atoms with Crippen molar-refractivity contribution >= 4 is 40.5 Å². The zero-order valence-electron chi connectivity index (χ0n) is 20.0. The number of hydrogen-bond donors (Lipinski definition) is 3. The van der Waals surface area contributed by atoms with E-state index in [1.807, 2.05) is 48.0 Å². The molecule has 1 aromatic carbocycles. The van der Waals surface area contributed by atoms with Gasteiger partial charge < -0.3 is 16.0 Å². The van der Waals surface area contributed by atoms with Crippen molar-refractivity contribution in [1.29, 1.82) is 0 Å². The number of rotatable bonds is 7. The van der Waals surface area contributed by atoms with Crippen molar-refractivity contribution in [2.45, 2.75) is 53.0 Å². The van der Waals surface area contributed by atoms with Gasteiger partial charge in [-0.3, -0.25) is 4.79 Å². The average molecular weight is 479 g/mol. The van der Waals surface area contributed by atoms with Crippen LogP contribution in [0.5, 0.6) is 0 Å². The van der Waals surface area contributed by atoms with Crippen molar-refractivity contribution in [3.8, 4) is 0 Å². The molecule has 1 unspecified atom stereocenters. The Morgan fingerprint density at radius 1 is 1.18 bits per heavy atom. The summed E-state index contributed by atoms with van der Waals surface area (Å²) in [7, 11) is 0. The van der Waals surface area contributed by atoms with Gasteiger partial charge in [0.2, 0.25) is 0 Å². The fourth-order valence-electron chi connectivity index (χ4n) is 4.09. The van der Waals surface area contributed by atoms with Gasteiger partial charge in [0, 0.05) is 23.9 Å². The third-order valence-electron chi connectivity index (χ3n) is 5.79. The number of aromatic nitrogens is 3. The first kappa shape index (κ1) is 23.8. The predicted octanol–water partition coefficient (Wildman–Crippen LogP) is 6.74. The van der Waals surface area contributed by atoms with Gasteiger partial charge in [-0.1, -0.05) is 36.7 Å². The van der Waals surface area contributed by atoms with Crippen LogP contribution in [0.2, 0.25) is 5.02 Å². The van der Waals surface area contributed by atoms with Crippen LogP contribution in [0.1, 0.15) is 62.1 Å². The van der Waals surface area contributed by atoms with E-state index < -0.39 is 0 Å². The van der Waals surface area contributed by atoms with Crippen molar-refractivity contribution in [3.63, 3.8) is 0 Å². The van der Waals surface area contributed by atoms with Gasteiger partial charge in [-0.25, -0.2) is 9.67 Å². The molecule has 178 valence electrons. The zero-order chi connectivity index (χ0) is 24.2. The monoisotopic (exact) mass is 478 g/mol. The van der Waals surface area contributed by atoms with Crippen LogP contribution >= 0.6 is 11.6 Å². The smallest absolute Gasteiger partial charge is 0.257 e. The molecule has 1 atom stereocenters. The van der Waals surface area contributed by atoms with Crippen LogP contribution in [0.15, 0.2) is 54.4 Å². The lowest BCUT2D eigenvalue weighted by Gasteiger charge is -2.20. The fraction of sp³-hybridized carbons (Fsp3) is 0.346. The van der Waals surface area contributed by atoms with Crippen LogP contribution < -0.4 is 16.0 Å². The molecule has 3 aromatic rings. The summed E-state index contributed by atoms with van der Waals surface area (Å²) in [6.07, 6.45) is 6.75. The Kier molecular flexibility index (Phi) is 7.22.